The van der Waals surface area contributed by atoms with Crippen LogP contribution in [0.1, 0.15) is 31.0 Å². The average Bonchev–Trinajstić information content (AvgIpc) is 2.64. The average molecular weight is 253 g/mol. The van der Waals surface area contributed by atoms with Gasteiger partial charge in [0.2, 0.25) is 0 Å². The van der Waals surface area contributed by atoms with Crippen LogP contribution in [0, 0.1) is 6.92 Å². The molecule has 0 aliphatic carbocycles. The van der Waals surface area contributed by atoms with E-state index >= 15 is 0 Å². The van der Waals surface area contributed by atoms with E-state index < -0.39 is 0 Å². The van der Waals surface area contributed by atoms with Crippen molar-refractivity contribution < 1.29 is 9.84 Å². The zero-order chi connectivity index (χ0) is 13.1. The van der Waals surface area contributed by atoms with Crippen molar-refractivity contribution in [2.75, 3.05) is 24.6 Å². The molecule has 2 heterocycles. The molecule has 1 aromatic rings. The van der Waals surface area contributed by atoms with Crippen molar-refractivity contribution in [2.45, 2.75) is 39.4 Å². The Hall–Kier alpha value is -1.07. The minimum absolute atomic E-state index is 0.0464. The zero-order valence-electron chi connectivity index (χ0n) is 11.5. The monoisotopic (exact) mass is 253 g/mol. The zero-order valence-corrected chi connectivity index (χ0v) is 11.5. The Morgan fingerprint density at radius 2 is 2.28 bits per heavy atom. The highest BCUT2D eigenvalue weighted by Gasteiger charge is 2.25. The van der Waals surface area contributed by atoms with Gasteiger partial charge in [0.1, 0.15) is 5.82 Å². The topological polar surface area (TPSA) is 50.5 Å². The smallest absolute Gasteiger partial charge is 0.132 e. The first kappa shape index (κ1) is 13.4. The van der Waals surface area contributed by atoms with Gasteiger partial charge in [-0.25, -0.2) is 0 Å². The molecule has 1 atom stereocenters. The maximum absolute atomic E-state index is 9.50. The fraction of sp³-hybridized carbons (Fsp3) is 0.769. The molecule has 2 rings (SSSR count). The number of nitrogens with zero attached hydrogens (tertiary/aromatic N) is 3. The Labute approximate surface area is 108 Å². The molecule has 18 heavy (non-hydrogen) atoms. The molecule has 5 nitrogen and oxygen atoms in total. The van der Waals surface area contributed by atoms with Crippen LogP contribution < -0.4 is 4.90 Å². The van der Waals surface area contributed by atoms with Crippen LogP contribution in [-0.2, 0) is 18.4 Å². The molecule has 0 saturated carbocycles. The third kappa shape index (κ3) is 2.52. The van der Waals surface area contributed by atoms with E-state index in [1.165, 1.54) is 0 Å². The molecule has 1 aromatic heterocycles. The van der Waals surface area contributed by atoms with Crippen LogP contribution in [0.15, 0.2) is 0 Å². The number of aliphatic hydroxyl groups is 1. The standard InChI is InChI=1S/C13H23N3O2/c1-4-18-11-6-5-7-16(8-11)13-12(9-17)10(2)14-15(13)3/h11,17H,4-9H2,1-3H3. The lowest BCUT2D eigenvalue weighted by atomic mass is 10.1. The van der Waals surface area contributed by atoms with Crippen molar-refractivity contribution in [3.05, 3.63) is 11.3 Å². The van der Waals surface area contributed by atoms with Crippen LogP contribution >= 0.6 is 0 Å². The summed E-state index contributed by atoms with van der Waals surface area (Å²) >= 11 is 0. The Morgan fingerprint density at radius 1 is 1.50 bits per heavy atom. The van der Waals surface area contributed by atoms with E-state index in [1.54, 1.807) is 0 Å². The molecule has 0 radical (unpaired) electrons. The van der Waals surface area contributed by atoms with Crippen molar-refractivity contribution in [1.29, 1.82) is 0 Å². The molecule has 0 spiro atoms. The highest BCUT2D eigenvalue weighted by molar-refractivity contribution is 5.50. The fourth-order valence-electron chi connectivity index (χ4n) is 2.77. The van der Waals surface area contributed by atoms with Crippen molar-refractivity contribution in [2.24, 2.45) is 7.05 Å². The SMILES string of the molecule is CCOC1CCCN(c2c(CO)c(C)nn2C)C1. The van der Waals surface area contributed by atoms with Crippen molar-refractivity contribution in [3.8, 4) is 0 Å². The Bertz CT molecular complexity index is 401. The summed E-state index contributed by atoms with van der Waals surface area (Å²) in [7, 11) is 1.94. The number of rotatable bonds is 4. The molecule has 0 amide bonds. The molecule has 5 heteroatoms. The summed E-state index contributed by atoms with van der Waals surface area (Å²) in [6.45, 7) is 6.68. The van der Waals surface area contributed by atoms with Crippen LogP contribution in [0.2, 0.25) is 0 Å². The third-order valence-corrected chi connectivity index (χ3v) is 3.55. The first-order chi connectivity index (χ1) is 8.67. The molecule has 1 unspecified atom stereocenters. The number of anilines is 1. The van der Waals surface area contributed by atoms with E-state index in [0.29, 0.717) is 6.10 Å². The van der Waals surface area contributed by atoms with Gasteiger partial charge in [-0.2, -0.15) is 5.10 Å². The summed E-state index contributed by atoms with van der Waals surface area (Å²) in [4.78, 5) is 2.29. The number of hydrogen-bond donors (Lipinski definition) is 1. The third-order valence-electron chi connectivity index (χ3n) is 3.55. The number of aromatic nitrogens is 2. The minimum atomic E-state index is 0.0464. The van der Waals surface area contributed by atoms with Gasteiger partial charge in [-0.1, -0.05) is 0 Å². The second-order valence-electron chi connectivity index (χ2n) is 4.83. The maximum atomic E-state index is 9.50. The minimum Gasteiger partial charge on any atom is -0.391 e. The summed E-state index contributed by atoms with van der Waals surface area (Å²) in [5.41, 5.74) is 1.85. The molecular formula is C13H23N3O2. The van der Waals surface area contributed by atoms with E-state index in [2.05, 4.69) is 10.00 Å². The number of ether oxygens (including phenoxy) is 1. The van der Waals surface area contributed by atoms with Crippen molar-refractivity contribution >= 4 is 5.82 Å². The van der Waals surface area contributed by atoms with E-state index in [0.717, 1.165) is 49.6 Å². The highest BCUT2D eigenvalue weighted by Crippen LogP contribution is 2.26. The molecule has 1 aliphatic rings. The molecule has 102 valence electrons. The molecule has 1 N–H and O–H groups in total. The predicted molar refractivity (Wildman–Crippen MR) is 70.7 cm³/mol. The molecule has 1 aliphatic heterocycles. The summed E-state index contributed by atoms with van der Waals surface area (Å²) in [6.07, 6.45) is 2.54. The maximum Gasteiger partial charge on any atom is 0.132 e. The number of aryl methyl sites for hydroxylation is 2. The first-order valence-electron chi connectivity index (χ1n) is 6.67. The molecule has 1 saturated heterocycles. The lowest BCUT2D eigenvalue weighted by molar-refractivity contribution is 0.0523. The van der Waals surface area contributed by atoms with Gasteiger partial charge in [0, 0.05) is 32.3 Å². The normalized spacial score (nSPS) is 20.4. The summed E-state index contributed by atoms with van der Waals surface area (Å²) in [5.74, 6) is 1.04. The van der Waals surface area contributed by atoms with Crippen molar-refractivity contribution in [3.63, 3.8) is 0 Å². The number of piperidine rings is 1. The Kier molecular flexibility index (Phi) is 4.24. The molecule has 0 aromatic carbocycles. The summed E-state index contributed by atoms with van der Waals surface area (Å²) in [5, 5.41) is 13.9. The van der Waals surface area contributed by atoms with Gasteiger partial charge >= 0.3 is 0 Å². The predicted octanol–water partition coefficient (Wildman–Crippen LogP) is 1.23. The van der Waals surface area contributed by atoms with E-state index in [1.807, 2.05) is 25.6 Å². The largest absolute Gasteiger partial charge is 0.391 e. The van der Waals surface area contributed by atoms with Gasteiger partial charge in [-0.05, 0) is 26.7 Å². The van der Waals surface area contributed by atoms with E-state index in [-0.39, 0.29) is 6.61 Å². The van der Waals surface area contributed by atoms with E-state index in [9.17, 15) is 5.11 Å². The fourth-order valence-corrected chi connectivity index (χ4v) is 2.77. The highest BCUT2D eigenvalue weighted by atomic mass is 16.5. The van der Waals surface area contributed by atoms with Gasteiger partial charge in [0.25, 0.3) is 0 Å². The molecular weight excluding hydrogens is 230 g/mol. The second-order valence-corrected chi connectivity index (χ2v) is 4.83. The van der Waals surface area contributed by atoms with Crippen LogP contribution in [0.5, 0.6) is 0 Å². The Balaban J connectivity index is 2.20. The van der Waals surface area contributed by atoms with Crippen molar-refractivity contribution in [1.82, 2.24) is 9.78 Å². The van der Waals surface area contributed by atoms with Gasteiger partial charge < -0.3 is 14.7 Å². The van der Waals surface area contributed by atoms with Gasteiger partial charge in [-0.15, -0.1) is 0 Å². The lowest BCUT2D eigenvalue weighted by Crippen LogP contribution is -2.41. The summed E-state index contributed by atoms with van der Waals surface area (Å²) < 4.78 is 7.59. The molecule has 0 bridgehead atoms. The van der Waals surface area contributed by atoms with E-state index in [4.69, 9.17) is 4.74 Å². The Morgan fingerprint density at radius 3 is 2.94 bits per heavy atom. The van der Waals surface area contributed by atoms with Crippen LogP contribution in [0.3, 0.4) is 0 Å². The first-order valence-corrected chi connectivity index (χ1v) is 6.67. The van der Waals surface area contributed by atoms with Crippen LogP contribution in [-0.4, -0.2) is 40.7 Å². The quantitative estimate of drug-likeness (QED) is 0.876. The van der Waals surface area contributed by atoms with Gasteiger partial charge in [0.05, 0.1) is 18.4 Å². The lowest BCUT2D eigenvalue weighted by Gasteiger charge is -2.34. The molecule has 1 fully saturated rings. The van der Waals surface area contributed by atoms with Gasteiger partial charge in [-0.3, -0.25) is 4.68 Å². The number of aliphatic hydroxyl groups excluding tert-OH is 1. The second kappa shape index (κ2) is 5.71. The summed E-state index contributed by atoms with van der Waals surface area (Å²) in [6, 6.07) is 0. The van der Waals surface area contributed by atoms with Crippen LogP contribution in [0.4, 0.5) is 5.82 Å². The van der Waals surface area contributed by atoms with Crippen LogP contribution in [0.25, 0.3) is 0 Å². The number of hydrogen-bond acceptors (Lipinski definition) is 4. The van der Waals surface area contributed by atoms with Gasteiger partial charge in [0.15, 0.2) is 0 Å².